The second kappa shape index (κ2) is 29.4. The Morgan fingerprint density at radius 1 is 0.481 bits per heavy atom. The molecule has 54 heavy (non-hydrogen) atoms. The van der Waals surface area contributed by atoms with E-state index in [1.165, 1.54) is 130 Å². The summed E-state index contributed by atoms with van der Waals surface area (Å²) in [5.41, 5.74) is 23.4. The molecular weight excluding hydrogens is 699 g/mol. The van der Waals surface area contributed by atoms with Gasteiger partial charge in [0.15, 0.2) is 0 Å². The molecule has 0 radical (unpaired) electrons. The van der Waals surface area contributed by atoms with Crippen LogP contribution in [0.25, 0.3) is 16.9 Å². The molecule has 300 valence electrons. The average Bonchev–Trinajstić information content (AvgIpc) is 3.45. The molecule has 2 aromatic carbocycles. The minimum absolute atomic E-state index is 0.923. The maximum absolute atomic E-state index is 12.3. The first-order valence-corrected chi connectivity index (χ1v) is 23.7. The normalized spacial score (nSPS) is 12.4. The fourth-order valence-corrected chi connectivity index (χ4v) is 7.67. The molecule has 1 aliphatic rings. The fraction of sp³-hybridized carbons (Fsp3) is 0.608. The number of allylic oxidation sites excluding steroid dienone is 2. The van der Waals surface area contributed by atoms with Crippen LogP contribution in [0.3, 0.4) is 0 Å². The average molecular weight is 776 g/mol. The first-order valence-electron chi connectivity index (χ1n) is 21.7. The quantitative estimate of drug-likeness (QED) is 0.0415. The standard InChI is InChI=1S/C49H70N2.2CH3.Ni/c1-7-13-15-16-17-18-19-20-21-22-23-24-25-26-27-28-29-33-47-46(32-14-8-2)48(44-36-40(11-5)34-41(12-6)37-44)51(50)49(47)45-38-42(30-9-3)35-43(39-45)31-10-4;;;/h34-39H,7-8,11-29,32-33H2,1-6H3;2*1H3;. The van der Waals surface area contributed by atoms with E-state index in [1.54, 1.807) is 14.4 Å². The molecule has 1 aliphatic heterocycles. The molecule has 0 fully saturated rings. The van der Waals surface area contributed by atoms with Crippen LogP contribution in [-0.4, -0.2) is 4.70 Å². The maximum atomic E-state index is 12.3. The van der Waals surface area contributed by atoms with Crippen LogP contribution >= 0.6 is 0 Å². The van der Waals surface area contributed by atoms with Crippen molar-refractivity contribution in [2.75, 3.05) is 0 Å². The molecule has 0 bridgehead atoms. The topological polar surface area (TPSA) is 25.3 Å². The van der Waals surface area contributed by atoms with Gasteiger partial charge in [0.05, 0.1) is 0 Å². The fourth-order valence-electron chi connectivity index (χ4n) is 7.67. The molecule has 0 spiro atoms. The molecule has 0 amide bonds. The number of aryl methyl sites for hydroxylation is 2. The molecule has 3 rings (SSSR count). The van der Waals surface area contributed by atoms with Gasteiger partial charge in [0.1, 0.15) is 0 Å². The summed E-state index contributed by atoms with van der Waals surface area (Å²) in [7, 11) is 0. The molecule has 0 saturated carbocycles. The van der Waals surface area contributed by atoms with Crippen LogP contribution in [0.15, 0.2) is 47.5 Å². The third-order valence-electron chi connectivity index (χ3n) is 10.6. The summed E-state index contributed by atoms with van der Waals surface area (Å²) < 4.78 is 1.53. The summed E-state index contributed by atoms with van der Waals surface area (Å²) >= 11 is 1.62. The van der Waals surface area contributed by atoms with E-state index in [0.29, 0.717) is 0 Å². The monoisotopic (exact) mass is 775 g/mol. The van der Waals surface area contributed by atoms with Crippen molar-refractivity contribution < 1.29 is 19.1 Å². The molecule has 2 aromatic rings. The van der Waals surface area contributed by atoms with Gasteiger partial charge < -0.3 is 5.53 Å². The molecule has 1 heterocycles. The van der Waals surface area contributed by atoms with Crippen LogP contribution in [-0.2, 0) is 27.3 Å². The zero-order valence-electron chi connectivity index (χ0n) is 35.9. The van der Waals surface area contributed by atoms with Gasteiger partial charge in [-0.05, 0) is 93.8 Å². The summed E-state index contributed by atoms with van der Waals surface area (Å²) in [4.78, 5) is 0. The Kier molecular flexibility index (Phi) is 25.8. The van der Waals surface area contributed by atoms with Crippen molar-refractivity contribution in [2.24, 2.45) is 0 Å². The van der Waals surface area contributed by atoms with Gasteiger partial charge in [-0.15, -0.1) is 11.8 Å². The van der Waals surface area contributed by atoms with Crippen LogP contribution in [0, 0.1) is 23.7 Å². The van der Waals surface area contributed by atoms with Gasteiger partial charge in [0, 0.05) is 33.4 Å². The van der Waals surface area contributed by atoms with Crippen molar-refractivity contribution in [3.05, 3.63) is 86.5 Å². The molecule has 0 atom stereocenters. The number of unbranched alkanes of at least 4 members (excludes halogenated alkanes) is 17. The van der Waals surface area contributed by atoms with E-state index in [9.17, 15) is 5.53 Å². The van der Waals surface area contributed by atoms with Gasteiger partial charge >= 0.3 is 26.2 Å². The van der Waals surface area contributed by atoms with Crippen molar-refractivity contribution in [1.82, 2.24) is 0 Å². The van der Waals surface area contributed by atoms with E-state index in [1.807, 2.05) is 13.8 Å². The van der Waals surface area contributed by atoms with Crippen LogP contribution in [0.2, 0.25) is 11.8 Å². The Hall–Kier alpha value is -2.87. The van der Waals surface area contributed by atoms with Gasteiger partial charge in [-0.1, -0.05) is 155 Å². The Bertz CT molecular complexity index is 1520. The predicted molar refractivity (Wildman–Crippen MR) is 234 cm³/mol. The van der Waals surface area contributed by atoms with Gasteiger partial charge in [0.25, 0.3) is 0 Å². The molecule has 0 aromatic heterocycles. The third-order valence-corrected chi connectivity index (χ3v) is 10.6. The van der Waals surface area contributed by atoms with Crippen molar-refractivity contribution in [1.29, 1.82) is 0 Å². The van der Waals surface area contributed by atoms with E-state index in [4.69, 9.17) is 0 Å². The van der Waals surface area contributed by atoms with Crippen LogP contribution in [0.5, 0.6) is 0 Å². The first-order chi connectivity index (χ1) is 26.4. The number of hydrogen-bond acceptors (Lipinski definition) is 0. The Labute approximate surface area is 340 Å². The SMILES string of the molecule is CC#Cc1cc(C#CC)cc(C2=C(CCCCCCCCCCCCCCCCCCC)C(CCCC)=C(c3cc(CC)cc(CC)c3)[N+]2=[N-])c1.[CH3][Ni][CH3]. The van der Waals surface area contributed by atoms with Crippen molar-refractivity contribution in [3.8, 4) is 23.7 Å². The Morgan fingerprint density at radius 2 is 0.833 bits per heavy atom. The van der Waals surface area contributed by atoms with E-state index < -0.39 is 0 Å². The van der Waals surface area contributed by atoms with Gasteiger partial charge in [-0.25, -0.2) is 4.70 Å². The minimum atomic E-state index is 0.923. The van der Waals surface area contributed by atoms with Crippen molar-refractivity contribution in [2.45, 2.75) is 201 Å². The molecular formula is C51H76N2Ni. The molecule has 0 unspecified atom stereocenters. The van der Waals surface area contributed by atoms with Gasteiger partial charge in [-0.2, -0.15) is 0 Å². The molecule has 0 saturated heterocycles. The summed E-state index contributed by atoms with van der Waals surface area (Å²) in [5.74, 6) is 16.8. The van der Waals surface area contributed by atoms with E-state index in [-0.39, 0.29) is 0 Å². The Balaban J connectivity index is 0.00000325. The molecule has 0 aliphatic carbocycles. The molecule has 0 N–H and O–H groups in total. The van der Waals surface area contributed by atoms with E-state index in [2.05, 4.69) is 99.6 Å². The second-order valence-electron chi connectivity index (χ2n) is 15.1. The number of rotatable bonds is 25. The molecule has 3 heteroatoms. The summed E-state index contributed by atoms with van der Waals surface area (Å²) in [6, 6.07) is 13.3. The second-order valence-corrected chi connectivity index (χ2v) is 16.1. The van der Waals surface area contributed by atoms with Crippen molar-refractivity contribution in [3.63, 3.8) is 0 Å². The van der Waals surface area contributed by atoms with Crippen LogP contribution in [0.1, 0.15) is 210 Å². The van der Waals surface area contributed by atoms with E-state index >= 15 is 0 Å². The summed E-state index contributed by atoms with van der Waals surface area (Å²) in [6.07, 6.45) is 29.5. The van der Waals surface area contributed by atoms with Gasteiger partial charge in [0.2, 0.25) is 11.4 Å². The third kappa shape index (κ3) is 16.9. The zero-order chi connectivity index (χ0) is 39.4. The van der Waals surface area contributed by atoms with Crippen LogP contribution < -0.4 is 0 Å². The van der Waals surface area contributed by atoms with Crippen LogP contribution in [0.4, 0.5) is 0 Å². The molecule has 2 nitrogen and oxygen atoms in total. The number of nitrogens with zero attached hydrogens (tertiary/aromatic N) is 2. The first kappa shape index (κ1) is 47.3. The number of benzene rings is 2. The van der Waals surface area contributed by atoms with Gasteiger partial charge in [-0.3, -0.25) is 0 Å². The summed E-state index contributed by atoms with van der Waals surface area (Å²) in [5, 5.41) is 0. The predicted octanol–water partition coefficient (Wildman–Crippen LogP) is 16.1. The summed E-state index contributed by atoms with van der Waals surface area (Å²) in [6.45, 7) is 12.8. The number of hydrogen-bond donors (Lipinski definition) is 0. The van der Waals surface area contributed by atoms with E-state index in [0.717, 1.165) is 78.6 Å². The Morgan fingerprint density at radius 3 is 1.20 bits per heavy atom. The zero-order valence-corrected chi connectivity index (χ0v) is 36.9. The van der Waals surface area contributed by atoms with Crippen molar-refractivity contribution >= 4 is 11.4 Å².